The van der Waals surface area contributed by atoms with Gasteiger partial charge in [-0.1, -0.05) is 0 Å². The van der Waals surface area contributed by atoms with Crippen LogP contribution in [0.25, 0.3) is 0 Å². The van der Waals surface area contributed by atoms with Crippen molar-refractivity contribution in [3.05, 3.63) is 41.9 Å². The average Bonchev–Trinajstić information content (AvgIpc) is 3.10. The fourth-order valence-electron chi connectivity index (χ4n) is 3.64. The van der Waals surface area contributed by atoms with Crippen LogP contribution in [-0.2, 0) is 10.0 Å². The van der Waals surface area contributed by atoms with Crippen LogP contribution < -0.4 is 20.5 Å². The molecule has 29 heavy (non-hydrogen) atoms. The summed E-state index contributed by atoms with van der Waals surface area (Å²) >= 11 is 0. The lowest BCUT2D eigenvalue weighted by atomic mass is 10.0. The number of sulfonamides is 1. The number of piperazine rings is 1. The number of hydrogen-bond donors (Lipinski definition) is 2. The summed E-state index contributed by atoms with van der Waals surface area (Å²) in [7, 11) is -3.16. The fraction of sp³-hybridized carbons (Fsp3) is 0.474. The number of hydrogen-bond acceptors (Lipinski definition) is 8. The lowest BCUT2D eigenvalue weighted by Gasteiger charge is -2.34. The van der Waals surface area contributed by atoms with Crippen LogP contribution in [0, 0.1) is 0 Å². The number of hydrazine groups is 1. The minimum absolute atomic E-state index is 0.102. The van der Waals surface area contributed by atoms with Gasteiger partial charge in [0.1, 0.15) is 17.9 Å². The number of aromatic nitrogens is 2. The van der Waals surface area contributed by atoms with Gasteiger partial charge in [0.15, 0.2) is 0 Å². The van der Waals surface area contributed by atoms with Crippen molar-refractivity contribution in [1.82, 2.24) is 19.7 Å². The molecular weight excluding hydrogens is 392 g/mol. The zero-order chi connectivity index (χ0) is 20.6. The quantitative estimate of drug-likeness (QED) is 0.751. The Balaban J connectivity index is 1.54. The van der Waals surface area contributed by atoms with Crippen molar-refractivity contribution in [3.8, 4) is 5.75 Å². The molecule has 0 bridgehead atoms. The van der Waals surface area contributed by atoms with Crippen molar-refractivity contribution >= 4 is 21.5 Å². The van der Waals surface area contributed by atoms with E-state index in [1.54, 1.807) is 6.33 Å². The molecule has 3 heterocycles. The van der Waals surface area contributed by atoms with Crippen molar-refractivity contribution in [2.75, 3.05) is 42.8 Å². The van der Waals surface area contributed by atoms with Crippen molar-refractivity contribution in [2.45, 2.75) is 26.0 Å². The van der Waals surface area contributed by atoms with E-state index in [1.807, 2.05) is 38.1 Å². The Hall–Kier alpha value is -2.43. The van der Waals surface area contributed by atoms with E-state index in [9.17, 15) is 8.42 Å². The van der Waals surface area contributed by atoms with Crippen LogP contribution in [0.5, 0.6) is 5.75 Å². The van der Waals surface area contributed by atoms with Gasteiger partial charge in [0.05, 0.1) is 29.8 Å². The van der Waals surface area contributed by atoms with Crippen LogP contribution in [0.1, 0.15) is 31.1 Å². The second-order valence-electron chi connectivity index (χ2n) is 7.57. The molecule has 1 unspecified atom stereocenters. The molecule has 0 spiro atoms. The predicted octanol–water partition coefficient (Wildman–Crippen LogP) is 1.36. The highest BCUT2D eigenvalue weighted by atomic mass is 32.2. The van der Waals surface area contributed by atoms with E-state index in [-0.39, 0.29) is 12.1 Å². The van der Waals surface area contributed by atoms with E-state index in [1.165, 1.54) is 10.6 Å². The molecule has 0 radical (unpaired) electrons. The lowest BCUT2D eigenvalue weighted by Crippen LogP contribution is -2.48. The molecule has 0 aliphatic carbocycles. The van der Waals surface area contributed by atoms with Gasteiger partial charge in [-0.05, 0) is 32.0 Å². The zero-order valence-corrected chi connectivity index (χ0v) is 17.6. The Bertz CT molecular complexity index is 989. The molecule has 1 atom stereocenters. The zero-order valence-electron chi connectivity index (χ0n) is 16.8. The Morgan fingerprint density at radius 1 is 1.14 bits per heavy atom. The van der Waals surface area contributed by atoms with Crippen molar-refractivity contribution in [3.63, 3.8) is 0 Å². The van der Waals surface area contributed by atoms with E-state index in [0.717, 1.165) is 28.5 Å². The topological polar surface area (TPSA) is 99.7 Å². The molecule has 2 N–H and O–H groups in total. The second-order valence-corrected chi connectivity index (χ2v) is 9.55. The molecule has 0 saturated carbocycles. The van der Waals surface area contributed by atoms with Gasteiger partial charge < -0.3 is 15.1 Å². The van der Waals surface area contributed by atoms with Crippen LogP contribution >= 0.6 is 0 Å². The highest BCUT2D eigenvalue weighted by Crippen LogP contribution is 2.35. The lowest BCUT2D eigenvalue weighted by molar-refractivity contribution is 0.242. The van der Waals surface area contributed by atoms with Crippen molar-refractivity contribution in [2.24, 2.45) is 0 Å². The van der Waals surface area contributed by atoms with E-state index in [4.69, 9.17) is 4.74 Å². The Labute approximate surface area is 171 Å². The van der Waals surface area contributed by atoms with E-state index in [0.29, 0.717) is 26.2 Å². The number of benzene rings is 1. The van der Waals surface area contributed by atoms with Gasteiger partial charge in [0.25, 0.3) is 0 Å². The van der Waals surface area contributed by atoms with Crippen LogP contribution in [0.2, 0.25) is 0 Å². The smallest absolute Gasteiger partial charge is 0.211 e. The number of nitrogens with one attached hydrogen (secondary N) is 2. The van der Waals surface area contributed by atoms with Crippen LogP contribution in [0.3, 0.4) is 0 Å². The maximum atomic E-state index is 11.7. The maximum absolute atomic E-state index is 11.7. The van der Waals surface area contributed by atoms with Gasteiger partial charge in [0.2, 0.25) is 10.0 Å². The van der Waals surface area contributed by atoms with Gasteiger partial charge in [-0.15, -0.1) is 0 Å². The first-order chi connectivity index (χ1) is 13.8. The van der Waals surface area contributed by atoms with Gasteiger partial charge in [-0.25, -0.2) is 23.8 Å². The minimum Gasteiger partial charge on any atom is -0.491 e. The van der Waals surface area contributed by atoms with Gasteiger partial charge >= 0.3 is 0 Å². The fourth-order valence-corrected chi connectivity index (χ4v) is 4.47. The van der Waals surface area contributed by atoms with E-state index in [2.05, 4.69) is 25.7 Å². The summed E-state index contributed by atoms with van der Waals surface area (Å²) < 4.78 is 30.8. The number of fused-ring (bicyclic) bond motifs is 1. The molecule has 1 aromatic heterocycles. The Morgan fingerprint density at radius 2 is 1.90 bits per heavy atom. The van der Waals surface area contributed by atoms with E-state index < -0.39 is 10.0 Å². The number of rotatable bonds is 5. The Kier molecular flexibility index (Phi) is 5.32. The first kappa shape index (κ1) is 19.9. The highest BCUT2D eigenvalue weighted by Gasteiger charge is 2.28. The summed E-state index contributed by atoms with van der Waals surface area (Å²) in [6.07, 6.45) is 2.91. The largest absolute Gasteiger partial charge is 0.491 e. The first-order valence-corrected chi connectivity index (χ1v) is 11.5. The molecule has 1 fully saturated rings. The predicted molar refractivity (Wildman–Crippen MR) is 111 cm³/mol. The molecule has 9 nitrogen and oxygen atoms in total. The summed E-state index contributed by atoms with van der Waals surface area (Å²) in [4.78, 5) is 11.0. The molecule has 2 aliphatic rings. The van der Waals surface area contributed by atoms with Crippen molar-refractivity contribution in [1.29, 1.82) is 0 Å². The molecule has 1 saturated heterocycles. The number of ether oxygens (including phenoxy) is 1. The third-order valence-electron chi connectivity index (χ3n) is 5.06. The van der Waals surface area contributed by atoms with Crippen LogP contribution in [-0.4, -0.2) is 61.2 Å². The summed E-state index contributed by atoms with van der Waals surface area (Å²) in [5, 5.41) is 0. The SMILES string of the molecule is CC(C)Oc1ccc2c(c1)C(c1cc(N3CCN(S(C)(=O)=O)CC3)ncn1)NN2. The molecule has 10 heteroatoms. The standard InChI is InChI=1S/C19H26N6O3S/c1-13(2)28-14-4-5-16-15(10-14)19(23-22-16)17-11-18(21-12-20-17)24-6-8-25(9-7-24)29(3,26)27/h4-5,10-13,19,22-23H,6-9H2,1-3H3. The van der Waals surface area contributed by atoms with Gasteiger partial charge in [-0.3, -0.25) is 0 Å². The number of nitrogens with zero attached hydrogens (tertiary/aromatic N) is 4. The normalized spacial score (nSPS) is 19.9. The Morgan fingerprint density at radius 3 is 2.59 bits per heavy atom. The summed E-state index contributed by atoms with van der Waals surface area (Å²) in [6, 6.07) is 7.80. The maximum Gasteiger partial charge on any atom is 0.211 e. The van der Waals surface area contributed by atoms with Crippen molar-refractivity contribution < 1.29 is 13.2 Å². The van der Waals surface area contributed by atoms with Gasteiger partial charge in [0, 0.05) is 37.8 Å². The molecule has 2 aromatic rings. The minimum atomic E-state index is -3.16. The monoisotopic (exact) mass is 418 g/mol. The molecule has 1 aromatic carbocycles. The second kappa shape index (κ2) is 7.77. The average molecular weight is 419 g/mol. The number of anilines is 2. The van der Waals surface area contributed by atoms with Gasteiger partial charge in [-0.2, -0.15) is 4.31 Å². The van der Waals surface area contributed by atoms with Crippen LogP contribution in [0.15, 0.2) is 30.6 Å². The summed E-state index contributed by atoms with van der Waals surface area (Å²) in [5.74, 6) is 1.62. The third-order valence-corrected chi connectivity index (χ3v) is 6.36. The molecule has 156 valence electrons. The first-order valence-electron chi connectivity index (χ1n) is 9.65. The molecule has 2 aliphatic heterocycles. The van der Waals surface area contributed by atoms with Crippen LogP contribution in [0.4, 0.5) is 11.5 Å². The summed E-state index contributed by atoms with van der Waals surface area (Å²) in [5.41, 5.74) is 9.37. The molecular formula is C19H26N6O3S. The summed E-state index contributed by atoms with van der Waals surface area (Å²) in [6.45, 7) is 6.12. The third kappa shape index (κ3) is 4.29. The highest BCUT2D eigenvalue weighted by molar-refractivity contribution is 7.88. The molecule has 0 amide bonds. The van der Waals surface area contributed by atoms with E-state index >= 15 is 0 Å². The molecule has 4 rings (SSSR count).